The average Bonchev–Trinajstić information content (AvgIpc) is 2.89. The van der Waals surface area contributed by atoms with Gasteiger partial charge in [-0.1, -0.05) is 31.6 Å². The van der Waals surface area contributed by atoms with E-state index in [4.69, 9.17) is 4.74 Å². The van der Waals surface area contributed by atoms with Crippen LogP contribution in [-0.2, 0) is 17.6 Å². The van der Waals surface area contributed by atoms with E-state index in [-0.39, 0.29) is 5.97 Å². The van der Waals surface area contributed by atoms with Gasteiger partial charge in [-0.3, -0.25) is 4.98 Å². The third-order valence-electron chi connectivity index (χ3n) is 6.86. The number of pyridine rings is 1. The zero-order chi connectivity index (χ0) is 25.7. The van der Waals surface area contributed by atoms with Gasteiger partial charge in [-0.15, -0.1) is 5.54 Å². The van der Waals surface area contributed by atoms with Crippen molar-refractivity contribution in [2.75, 3.05) is 19.1 Å². The summed E-state index contributed by atoms with van der Waals surface area (Å²) in [6, 6.07) is 17.2. The van der Waals surface area contributed by atoms with Crippen LogP contribution in [-0.4, -0.2) is 33.2 Å². The first-order valence-electron chi connectivity index (χ1n) is 12.8. The van der Waals surface area contributed by atoms with Crippen molar-refractivity contribution in [1.29, 1.82) is 0 Å². The molecule has 1 atom stereocenters. The lowest BCUT2D eigenvalue weighted by atomic mass is 9.79. The normalized spacial score (nSPS) is 14.9. The van der Waals surface area contributed by atoms with Gasteiger partial charge in [-0.25, -0.2) is 4.79 Å². The summed E-state index contributed by atoms with van der Waals surface area (Å²) in [6.07, 6.45) is 8.74. The smallest absolute Gasteiger partial charge is 0.338 e. The fraction of sp³-hybridized carbons (Fsp3) is 0.355. The SMILES string of the molecule is COC(=O)c1ccncc1CC[C@@H]1CCCc2cc(N(C)c3ccc(C#C[Si](C)(C)C)cc3)ccc21. The number of aromatic nitrogens is 1. The molecule has 0 fully saturated rings. The molecule has 0 amide bonds. The molecular formula is C31H36N2O2Si. The lowest BCUT2D eigenvalue weighted by Gasteiger charge is -2.28. The van der Waals surface area contributed by atoms with Crippen molar-refractivity contribution < 1.29 is 9.53 Å². The Balaban J connectivity index is 1.48. The van der Waals surface area contributed by atoms with Gasteiger partial charge in [0.25, 0.3) is 0 Å². The number of ether oxygens (including phenoxy) is 1. The van der Waals surface area contributed by atoms with Crippen LogP contribution in [0.2, 0.25) is 19.6 Å². The highest BCUT2D eigenvalue weighted by atomic mass is 28.3. The quantitative estimate of drug-likeness (QED) is 0.211. The van der Waals surface area contributed by atoms with E-state index in [0.717, 1.165) is 36.1 Å². The van der Waals surface area contributed by atoms with Crippen molar-refractivity contribution in [3.8, 4) is 11.5 Å². The molecule has 1 aromatic heterocycles. The number of rotatable bonds is 6. The van der Waals surface area contributed by atoms with E-state index in [1.807, 2.05) is 0 Å². The highest BCUT2D eigenvalue weighted by molar-refractivity contribution is 6.83. The van der Waals surface area contributed by atoms with Gasteiger partial charge in [-0.05, 0) is 97.2 Å². The first-order chi connectivity index (χ1) is 17.2. The molecule has 0 N–H and O–H groups in total. The van der Waals surface area contributed by atoms with Crippen molar-refractivity contribution in [2.24, 2.45) is 0 Å². The second kappa shape index (κ2) is 11.1. The first kappa shape index (κ1) is 25.7. The van der Waals surface area contributed by atoms with Crippen LogP contribution in [0.1, 0.15) is 57.8 Å². The summed E-state index contributed by atoms with van der Waals surface area (Å²) in [5.74, 6) is 3.53. The maximum absolute atomic E-state index is 12.1. The van der Waals surface area contributed by atoms with E-state index >= 15 is 0 Å². The molecule has 0 saturated carbocycles. The molecular weight excluding hydrogens is 460 g/mol. The molecule has 0 spiro atoms. The minimum absolute atomic E-state index is 0.291. The number of carbonyl (C=O) groups excluding carboxylic acids is 1. The Kier molecular flexibility index (Phi) is 7.96. The molecule has 0 saturated heterocycles. The van der Waals surface area contributed by atoms with Gasteiger partial charge >= 0.3 is 5.97 Å². The summed E-state index contributed by atoms with van der Waals surface area (Å²) in [7, 11) is 2.17. The summed E-state index contributed by atoms with van der Waals surface area (Å²) < 4.78 is 4.95. The molecule has 2 aromatic carbocycles. The second-order valence-corrected chi connectivity index (χ2v) is 15.4. The van der Waals surface area contributed by atoms with E-state index in [2.05, 4.69) is 90.5 Å². The highest BCUT2D eigenvalue weighted by Gasteiger charge is 2.22. The number of esters is 1. The van der Waals surface area contributed by atoms with Crippen LogP contribution in [0.25, 0.3) is 0 Å². The predicted molar refractivity (Wildman–Crippen MR) is 151 cm³/mol. The molecule has 0 unspecified atom stereocenters. The Morgan fingerprint density at radius 1 is 1.11 bits per heavy atom. The number of benzene rings is 2. The van der Waals surface area contributed by atoms with Crippen LogP contribution >= 0.6 is 0 Å². The fourth-order valence-corrected chi connectivity index (χ4v) is 5.37. The van der Waals surface area contributed by atoms with Gasteiger partial charge in [0.05, 0.1) is 12.7 Å². The number of anilines is 2. The third-order valence-corrected chi connectivity index (χ3v) is 7.73. The Morgan fingerprint density at radius 2 is 1.86 bits per heavy atom. The molecule has 0 radical (unpaired) electrons. The van der Waals surface area contributed by atoms with E-state index in [0.29, 0.717) is 11.5 Å². The Labute approximate surface area is 216 Å². The number of methoxy groups -OCH3 is 1. The topological polar surface area (TPSA) is 42.4 Å². The van der Waals surface area contributed by atoms with Gasteiger partial charge in [0, 0.05) is 36.4 Å². The number of hydrogen-bond donors (Lipinski definition) is 0. The number of carbonyl (C=O) groups is 1. The maximum Gasteiger partial charge on any atom is 0.338 e. The molecule has 186 valence electrons. The van der Waals surface area contributed by atoms with E-state index in [9.17, 15) is 4.79 Å². The van der Waals surface area contributed by atoms with Crippen molar-refractivity contribution in [3.05, 3.63) is 88.7 Å². The molecule has 3 aromatic rings. The molecule has 5 heteroatoms. The second-order valence-electron chi connectivity index (χ2n) is 10.6. The number of hydrogen-bond acceptors (Lipinski definition) is 4. The van der Waals surface area contributed by atoms with Gasteiger partial charge in [-0.2, -0.15) is 0 Å². The molecule has 4 nitrogen and oxygen atoms in total. The average molecular weight is 497 g/mol. The number of nitrogens with zero attached hydrogens (tertiary/aromatic N) is 2. The standard InChI is InChI=1S/C31H36N2O2Si/c1-33(27-13-9-23(10-14-27)18-20-36(3,4)5)28-15-16-29-24(7-6-8-25(29)21-28)11-12-26-22-32-19-17-30(26)31(34)35-2/h9-10,13-17,19,21-22,24H,6-8,11-12H2,1-5H3/t24-/m0/s1. The molecule has 0 aliphatic heterocycles. The van der Waals surface area contributed by atoms with Crippen LogP contribution in [0.3, 0.4) is 0 Å². The Morgan fingerprint density at radius 3 is 2.58 bits per heavy atom. The van der Waals surface area contributed by atoms with E-state index in [1.165, 1.54) is 36.8 Å². The van der Waals surface area contributed by atoms with E-state index < -0.39 is 8.07 Å². The summed E-state index contributed by atoms with van der Waals surface area (Å²) in [4.78, 5) is 18.6. The number of fused-ring (bicyclic) bond motifs is 1. The number of aryl methyl sites for hydroxylation is 2. The monoisotopic (exact) mass is 496 g/mol. The predicted octanol–water partition coefficient (Wildman–Crippen LogP) is 6.92. The Bertz CT molecular complexity index is 1280. The summed E-state index contributed by atoms with van der Waals surface area (Å²) in [6.45, 7) is 6.80. The van der Waals surface area contributed by atoms with Crippen molar-refractivity contribution >= 4 is 25.4 Å². The zero-order valence-corrected chi connectivity index (χ0v) is 23.1. The zero-order valence-electron chi connectivity index (χ0n) is 22.1. The largest absolute Gasteiger partial charge is 0.465 e. The lowest BCUT2D eigenvalue weighted by molar-refractivity contribution is 0.0599. The van der Waals surface area contributed by atoms with Crippen molar-refractivity contribution in [3.63, 3.8) is 0 Å². The van der Waals surface area contributed by atoms with Gasteiger partial charge in [0.2, 0.25) is 0 Å². The van der Waals surface area contributed by atoms with Gasteiger partial charge in [0.15, 0.2) is 0 Å². The summed E-state index contributed by atoms with van der Waals surface area (Å²) in [5, 5.41) is 0. The summed E-state index contributed by atoms with van der Waals surface area (Å²) >= 11 is 0. The van der Waals surface area contributed by atoms with Crippen LogP contribution in [0.4, 0.5) is 11.4 Å². The van der Waals surface area contributed by atoms with Crippen LogP contribution < -0.4 is 4.90 Å². The molecule has 0 bridgehead atoms. The van der Waals surface area contributed by atoms with Crippen LogP contribution in [0, 0.1) is 11.5 Å². The molecule has 4 rings (SSSR count). The fourth-order valence-electron chi connectivity index (χ4n) is 4.85. The van der Waals surface area contributed by atoms with Crippen molar-refractivity contribution in [2.45, 2.75) is 57.7 Å². The van der Waals surface area contributed by atoms with Crippen LogP contribution in [0.15, 0.2) is 60.9 Å². The molecule has 1 heterocycles. The lowest BCUT2D eigenvalue weighted by Crippen LogP contribution is -2.16. The first-order valence-corrected chi connectivity index (χ1v) is 16.3. The molecule has 1 aliphatic carbocycles. The van der Waals surface area contributed by atoms with Crippen LogP contribution in [0.5, 0.6) is 0 Å². The minimum atomic E-state index is -1.38. The third kappa shape index (κ3) is 6.25. The minimum Gasteiger partial charge on any atom is -0.465 e. The van der Waals surface area contributed by atoms with E-state index in [1.54, 1.807) is 18.5 Å². The molecule has 36 heavy (non-hydrogen) atoms. The van der Waals surface area contributed by atoms with Gasteiger partial charge < -0.3 is 9.64 Å². The van der Waals surface area contributed by atoms with Crippen molar-refractivity contribution in [1.82, 2.24) is 4.98 Å². The highest BCUT2D eigenvalue weighted by Crippen LogP contribution is 2.37. The summed E-state index contributed by atoms with van der Waals surface area (Å²) in [5.41, 5.74) is 11.3. The molecule has 1 aliphatic rings. The maximum atomic E-state index is 12.1. The Hall–Kier alpha value is -3.36. The van der Waals surface area contributed by atoms with Gasteiger partial charge in [0.1, 0.15) is 8.07 Å².